The molecule has 0 saturated heterocycles. The zero-order valence-corrected chi connectivity index (χ0v) is 7.63. The van der Waals surface area contributed by atoms with Gasteiger partial charge in [0.05, 0.1) is 10.8 Å². The smallest absolute Gasteiger partial charge is 0.307 e. The van der Waals surface area contributed by atoms with E-state index < -0.39 is 11.9 Å². The molecule has 0 bridgehead atoms. The molecule has 0 spiro atoms. The third kappa shape index (κ3) is 1.37. The van der Waals surface area contributed by atoms with E-state index in [0.717, 1.165) is 10.4 Å². The number of fused-ring (bicyclic) bond motifs is 1. The summed E-state index contributed by atoms with van der Waals surface area (Å²) in [6.07, 6.45) is 0.656. The fourth-order valence-corrected chi connectivity index (χ4v) is 2.46. The van der Waals surface area contributed by atoms with Gasteiger partial charge < -0.3 is 5.11 Å². The van der Waals surface area contributed by atoms with E-state index in [1.165, 1.54) is 11.3 Å². The Morgan fingerprint density at radius 2 is 2.31 bits per heavy atom. The summed E-state index contributed by atoms with van der Waals surface area (Å²) >= 11 is 1.40. The van der Waals surface area contributed by atoms with Crippen LogP contribution in [-0.4, -0.2) is 16.9 Å². The van der Waals surface area contributed by atoms with Crippen LogP contribution in [0.2, 0.25) is 0 Å². The van der Waals surface area contributed by atoms with Crippen molar-refractivity contribution < 1.29 is 14.7 Å². The molecular weight excluding hydrogens is 188 g/mol. The van der Waals surface area contributed by atoms with E-state index in [-0.39, 0.29) is 12.2 Å². The second-order valence-electron chi connectivity index (χ2n) is 3.14. The van der Waals surface area contributed by atoms with Crippen LogP contribution in [0.1, 0.15) is 21.7 Å². The molecule has 0 aliphatic heterocycles. The maximum atomic E-state index is 11.4. The van der Waals surface area contributed by atoms with Crippen molar-refractivity contribution in [2.24, 2.45) is 5.92 Å². The molecule has 0 radical (unpaired) electrons. The Kier molecular flexibility index (Phi) is 1.92. The van der Waals surface area contributed by atoms with Gasteiger partial charge in [-0.1, -0.05) is 0 Å². The molecule has 13 heavy (non-hydrogen) atoms. The number of thiophene rings is 1. The highest BCUT2D eigenvalue weighted by Gasteiger charge is 2.30. The number of carboxylic acid groups (broad SMARTS) is 1. The SMILES string of the molecule is O=C1C[C@@H](C(=O)O)Cc2ccsc21. The van der Waals surface area contributed by atoms with Crippen molar-refractivity contribution in [3.05, 3.63) is 21.9 Å². The first-order valence-corrected chi connectivity index (χ1v) is 4.89. The molecule has 1 N–H and O–H groups in total. The second-order valence-corrected chi connectivity index (χ2v) is 4.06. The van der Waals surface area contributed by atoms with E-state index in [0.29, 0.717) is 6.42 Å². The summed E-state index contributed by atoms with van der Waals surface area (Å²) in [5.41, 5.74) is 0.897. The Balaban J connectivity index is 2.34. The fraction of sp³-hybridized carbons (Fsp3) is 0.333. The van der Waals surface area contributed by atoms with Gasteiger partial charge in [-0.25, -0.2) is 0 Å². The molecule has 3 nitrogen and oxygen atoms in total. The number of rotatable bonds is 1. The first-order chi connectivity index (χ1) is 6.18. The molecule has 1 aliphatic rings. The minimum Gasteiger partial charge on any atom is -0.481 e. The number of carbonyl (C=O) groups is 2. The van der Waals surface area contributed by atoms with Crippen molar-refractivity contribution in [3.8, 4) is 0 Å². The summed E-state index contributed by atoms with van der Waals surface area (Å²) in [5, 5.41) is 10.6. The Bertz CT molecular complexity index is 367. The predicted octanol–water partition coefficient (Wildman–Crippen LogP) is 1.58. The average Bonchev–Trinajstić information content (AvgIpc) is 2.51. The maximum Gasteiger partial charge on any atom is 0.307 e. The fourth-order valence-electron chi connectivity index (χ4n) is 1.57. The molecule has 0 fully saturated rings. The first kappa shape index (κ1) is 8.44. The second kappa shape index (κ2) is 2.96. The Morgan fingerprint density at radius 3 is 3.00 bits per heavy atom. The number of carbonyl (C=O) groups excluding carboxylic acids is 1. The van der Waals surface area contributed by atoms with Crippen molar-refractivity contribution in [2.75, 3.05) is 0 Å². The van der Waals surface area contributed by atoms with Crippen LogP contribution in [0.25, 0.3) is 0 Å². The molecule has 0 saturated carbocycles. The number of hydrogen-bond acceptors (Lipinski definition) is 3. The van der Waals surface area contributed by atoms with Gasteiger partial charge in [-0.05, 0) is 23.4 Å². The highest BCUT2D eigenvalue weighted by Crippen LogP contribution is 2.29. The monoisotopic (exact) mass is 196 g/mol. The van der Waals surface area contributed by atoms with Crippen LogP contribution in [0.5, 0.6) is 0 Å². The highest BCUT2D eigenvalue weighted by atomic mass is 32.1. The summed E-state index contributed by atoms with van der Waals surface area (Å²) in [5.74, 6) is -1.41. The zero-order chi connectivity index (χ0) is 9.42. The van der Waals surface area contributed by atoms with E-state index in [4.69, 9.17) is 5.11 Å². The first-order valence-electron chi connectivity index (χ1n) is 4.01. The van der Waals surface area contributed by atoms with Gasteiger partial charge in [0.2, 0.25) is 0 Å². The van der Waals surface area contributed by atoms with Crippen LogP contribution in [0.3, 0.4) is 0 Å². The molecular formula is C9H8O3S. The lowest BCUT2D eigenvalue weighted by atomic mass is 9.88. The van der Waals surface area contributed by atoms with Gasteiger partial charge in [0.25, 0.3) is 0 Å². The zero-order valence-electron chi connectivity index (χ0n) is 6.82. The van der Waals surface area contributed by atoms with Crippen LogP contribution in [0.15, 0.2) is 11.4 Å². The molecule has 4 heteroatoms. The van der Waals surface area contributed by atoms with Gasteiger partial charge in [-0.2, -0.15) is 0 Å². The standard InChI is InChI=1S/C9H8O3S/c10-7-4-6(9(11)12)3-5-1-2-13-8(5)7/h1-2,6H,3-4H2,(H,11,12)/t6-/m0/s1. The largest absolute Gasteiger partial charge is 0.481 e. The molecule has 0 amide bonds. The summed E-state index contributed by atoms with van der Waals surface area (Å²) in [6.45, 7) is 0. The summed E-state index contributed by atoms with van der Waals surface area (Å²) in [6, 6.07) is 1.84. The van der Waals surface area contributed by atoms with Crippen molar-refractivity contribution in [3.63, 3.8) is 0 Å². The number of Topliss-reactive ketones (excluding diaryl/α,β-unsaturated/α-hetero) is 1. The Labute approximate surface area is 79.0 Å². The highest BCUT2D eigenvalue weighted by molar-refractivity contribution is 7.12. The number of carboxylic acids is 1. The van der Waals surface area contributed by atoms with Crippen LogP contribution < -0.4 is 0 Å². The van der Waals surface area contributed by atoms with Crippen molar-refractivity contribution in [2.45, 2.75) is 12.8 Å². The lowest BCUT2D eigenvalue weighted by molar-refractivity contribution is -0.141. The van der Waals surface area contributed by atoms with Crippen molar-refractivity contribution >= 4 is 23.1 Å². The normalized spacial score (nSPS) is 21.2. The maximum absolute atomic E-state index is 11.4. The number of aliphatic carboxylic acids is 1. The van der Waals surface area contributed by atoms with Crippen molar-refractivity contribution in [1.82, 2.24) is 0 Å². The lowest BCUT2D eigenvalue weighted by Crippen LogP contribution is -2.24. The molecule has 2 rings (SSSR count). The van der Waals surface area contributed by atoms with Crippen LogP contribution >= 0.6 is 11.3 Å². The predicted molar refractivity (Wildman–Crippen MR) is 48.1 cm³/mol. The van der Waals surface area contributed by atoms with Gasteiger partial charge in [0.1, 0.15) is 0 Å². The number of hydrogen-bond donors (Lipinski definition) is 1. The van der Waals surface area contributed by atoms with Crippen molar-refractivity contribution in [1.29, 1.82) is 0 Å². The van der Waals surface area contributed by atoms with Gasteiger partial charge >= 0.3 is 5.97 Å². The van der Waals surface area contributed by atoms with E-state index in [2.05, 4.69) is 0 Å². The van der Waals surface area contributed by atoms with Gasteiger partial charge in [-0.3, -0.25) is 9.59 Å². The number of ketones is 1. The van der Waals surface area contributed by atoms with Crippen LogP contribution in [-0.2, 0) is 11.2 Å². The minimum absolute atomic E-state index is 0.0244. The van der Waals surface area contributed by atoms with E-state index in [1.807, 2.05) is 11.4 Å². The lowest BCUT2D eigenvalue weighted by Gasteiger charge is -2.16. The van der Waals surface area contributed by atoms with Gasteiger partial charge in [0, 0.05) is 6.42 Å². The summed E-state index contributed by atoms with van der Waals surface area (Å²) in [7, 11) is 0. The van der Waals surface area contributed by atoms with E-state index in [1.54, 1.807) is 0 Å². The van der Waals surface area contributed by atoms with E-state index in [9.17, 15) is 9.59 Å². The van der Waals surface area contributed by atoms with E-state index >= 15 is 0 Å². The summed E-state index contributed by atoms with van der Waals surface area (Å²) < 4.78 is 0. The van der Waals surface area contributed by atoms with Gasteiger partial charge in [-0.15, -0.1) is 11.3 Å². The summed E-state index contributed by atoms with van der Waals surface area (Å²) in [4.78, 5) is 22.8. The molecule has 1 aromatic rings. The molecule has 1 atom stereocenters. The third-order valence-electron chi connectivity index (χ3n) is 2.25. The molecule has 1 aromatic heterocycles. The molecule has 68 valence electrons. The van der Waals surface area contributed by atoms with Crippen LogP contribution in [0.4, 0.5) is 0 Å². The topological polar surface area (TPSA) is 54.4 Å². The average molecular weight is 196 g/mol. The molecule has 0 aromatic carbocycles. The third-order valence-corrected chi connectivity index (χ3v) is 3.25. The van der Waals surface area contributed by atoms with Crippen LogP contribution in [0, 0.1) is 5.92 Å². The quantitative estimate of drug-likeness (QED) is 0.741. The Morgan fingerprint density at radius 1 is 1.54 bits per heavy atom. The molecule has 1 aliphatic carbocycles. The minimum atomic E-state index is -0.870. The molecule has 1 heterocycles. The van der Waals surface area contributed by atoms with Gasteiger partial charge in [0.15, 0.2) is 5.78 Å². The Hall–Kier alpha value is -1.16. The molecule has 0 unspecified atom stereocenters.